The van der Waals surface area contributed by atoms with Crippen LogP contribution in [0.2, 0.25) is 0 Å². The second kappa shape index (κ2) is 16.7. The number of benzene rings is 2. The van der Waals surface area contributed by atoms with E-state index in [-0.39, 0.29) is 30.1 Å². The smallest absolute Gasteiger partial charge is 0.253 e. The monoisotopic (exact) mass is 604 g/mol. The molecule has 10 heteroatoms. The van der Waals surface area contributed by atoms with E-state index in [1.807, 2.05) is 19.3 Å². The molecule has 2 aromatic carbocycles. The second-order valence-electron chi connectivity index (χ2n) is 10.7. The normalized spacial score (nSPS) is 16.7. The highest BCUT2D eigenvalue weighted by Crippen LogP contribution is 2.26. The fraction of sp³-hybridized carbons (Fsp3) is 0.500. The largest absolute Gasteiger partial charge is 0.388 e. The van der Waals surface area contributed by atoms with Gasteiger partial charge in [-0.15, -0.1) is 11.8 Å². The SMILES string of the molecule is CCCN(CCC)C(=O)c1cc(C)cc(C(=O)N[C@@H](Cc2cc(F)cc(F)c2)[C@@H](O)[C@H](O)COCCC2CC=CS2)c1. The van der Waals surface area contributed by atoms with Gasteiger partial charge < -0.3 is 25.2 Å². The number of allylic oxidation sites excluding steroid dienone is 1. The number of nitrogens with zero attached hydrogens (tertiary/aromatic N) is 1. The molecule has 3 N–H and O–H groups in total. The Kier molecular flexibility index (Phi) is 13.4. The summed E-state index contributed by atoms with van der Waals surface area (Å²) in [5, 5.41) is 27.0. The van der Waals surface area contributed by atoms with Crippen molar-refractivity contribution >= 4 is 23.6 Å². The maximum absolute atomic E-state index is 13.9. The number of aliphatic hydroxyl groups excluding tert-OH is 2. The number of carbonyl (C=O) groups excluding carboxylic acids is 2. The van der Waals surface area contributed by atoms with E-state index in [2.05, 4.69) is 11.4 Å². The predicted octanol–water partition coefficient (Wildman–Crippen LogP) is 5.02. The van der Waals surface area contributed by atoms with Crippen molar-refractivity contribution in [3.63, 3.8) is 0 Å². The molecule has 0 aliphatic carbocycles. The van der Waals surface area contributed by atoms with Crippen molar-refractivity contribution in [1.29, 1.82) is 0 Å². The Bertz CT molecular complexity index is 1190. The fourth-order valence-corrected chi connectivity index (χ4v) is 5.87. The molecule has 0 aromatic heterocycles. The van der Waals surface area contributed by atoms with Gasteiger partial charge in [0.05, 0.1) is 12.6 Å². The molecule has 0 saturated heterocycles. The number of aryl methyl sites for hydroxylation is 1. The van der Waals surface area contributed by atoms with E-state index >= 15 is 0 Å². The van der Waals surface area contributed by atoms with Crippen LogP contribution in [-0.2, 0) is 11.2 Å². The van der Waals surface area contributed by atoms with Crippen LogP contribution in [0, 0.1) is 18.6 Å². The molecule has 1 heterocycles. The lowest BCUT2D eigenvalue weighted by atomic mass is 9.96. The number of aliphatic hydroxyl groups is 2. The summed E-state index contributed by atoms with van der Waals surface area (Å²) in [6.45, 7) is 7.17. The van der Waals surface area contributed by atoms with E-state index in [1.54, 1.807) is 35.7 Å². The fourth-order valence-electron chi connectivity index (χ4n) is 4.97. The lowest BCUT2D eigenvalue weighted by Crippen LogP contribution is -2.51. The first-order valence-corrected chi connectivity index (χ1v) is 15.5. The Labute approximate surface area is 251 Å². The number of hydrogen-bond acceptors (Lipinski definition) is 6. The van der Waals surface area contributed by atoms with Crippen molar-refractivity contribution in [1.82, 2.24) is 10.2 Å². The predicted molar refractivity (Wildman–Crippen MR) is 162 cm³/mol. The topological polar surface area (TPSA) is 99.1 Å². The van der Waals surface area contributed by atoms with Crippen LogP contribution >= 0.6 is 11.8 Å². The van der Waals surface area contributed by atoms with Gasteiger partial charge in [-0.1, -0.05) is 19.9 Å². The third-order valence-corrected chi connectivity index (χ3v) is 8.16. The summed E-state index contributed by atoms with van der Waals surface area (Å²) < 4.78 is 33.5. The Hall–Kier alpha value is -2.79. The zero-order valence-electron chi connectivity index (χ0n) is 24.5. The van der Waals surface area contributed by atoms with Gasteiger partial charge in [0.2, 0.25) is 0 Å². The van der Waals surface area contributed by atoms with Gasteiger partial charge in [0.25, 0.3) is 11.8 Å². The number of thioether (sulfide) groups is 1. The minimum Gasteiger partial charge on any atom is -0.388 e. The molecule has 0 saturated carbocycles. The van der Waals surface area contributed by atoms with Gasteiger partial charge in [0.15, 0.2) is 0 Å². The second-order valence-corrected chi connectivity index (χ2v) is 11.9. The third kappa shape index (κ3) is 10.2. The molecular formula is C32H42F2N2O5S. The summed E-state index contributed by atoms with van der Waals surface area (Å²) in [5.41, 5.74) is 1.47. The van der Waals surface area contributed by atoms with Gasteiger partial charge in [0, 0.05) is 42.1 Å². The van der Waals surface area contributed by atoms with Crippen LogP contribution in [0.3, 0.4) is 0 Å². The molecule has 230 valence electrons. The zero-order valence-corrected chi connectivity index (χ0v) is 25.3. The molecule has 1 aliphatic rings. The van der Waals surface area contributed by atoms with Crippen LogP contribution in [0.15, 0.2) is 47.9 Å². The van der Waals surface area contributed by atoms with E-state index in [0.717, 1.165) is 43.9 Å². The van der Waals surface area contributed by atoms with E-state index < -0.39 is 35.8 Å². The van der Waals surface area contributed by atoms with Crippen molar-refractivity contribution in [3.8, 4) is 0 Å². The Morgan fingerprint density at radius 3 is 2.33 bits per heavy atom. The molecule has 7 nitrogen and oxygen atoms in total. The highest BCUT2D eigenvalue weighted by molar-refractivity contribution is 8.03. The van der Waals surface area contributed by atoms with Crippen LogP contribution in [0.25, 0.3) is 0 Å². The summed E-state index contributed by atoms with van der Waals surface area (Å²) in [7, 11) is 0. The van der Waals surface area contributed by atoms with Gasteiger partial charge in [-0.05, 0) is 85.9 Å². The van der Waals surface area contributed by atoms with E-state index in [1.165, 1.54) is 6.07 Å². The zero-order chi connectivity index (χ0) is 30.6. The first-order valence-electron chi connectivity index (χ1n) is 14.5. The molecule has 1 unspecified atom stereocenters. The summed E-state index contributed by atoms with van der Waals surface area (Å²) in [6, 6.07) is 6.71. The molecule has 42 heavy (non-hydrogen) atoms. The Balaban J connectivity index is 1.77. The molecule has 2 aromatic rings. The van der Waals surface area contributed by atoms with E-state index in [9.17, 15) is 28.6 Å². The molecule has 0 bridgehead atoms. The number of rotatable bonds is 16. The van der Waals surface area contributed by atoms with Crippen LogP contribution < -0.4 is 5.32 Å². The van der Waals surface area contributed by atoms with Crippen molar-refractivity contribution in [3.05, 3.63) is 81.8 Å². The lowest BCUT2D eigenvalue weighted by molar-refractivity contribution is -0.0509. The minimum atomic E-state index is -1.50. The number of ether oxygens (including phenoxy) is 1. The maximum Gasteiger partial charge on any atom is 0.253 e. The third-order valence-electron chi connectivity index (χ3n) is 7.00. The van der Waals surface area contributed by atoms with Crippen molar-refractivity contribution < 1.29 is 33.3 Å². The summed E-state index contributed by atoms with van der Waals surface area (Å²) in [6.07, 6.45) is 2.41. The van der Waals surface area contributed by atoms with Crippen molar-refractivity contribution in [2.45, 2.75) is 76.4 Å². The number of halogens is 2. The van der Waals surface area contributed by atoms with Crippen LogP contribution in [0.5, 0.6) is 0 Å². The van der Waals surface area contributed by atoms with Crippen molar-refractivity contribution in [2.75, 3.05) is 26.3 Å². The number of hydrogen-bond donors (Lipinski definition) is 3. The molecule has 0 spiro atoms. The van der Waals surface area contributed by atoms with Gasteiger partial charge >= 0.3 is 0 Å². The molecular weight excluding hydrogens is 562 g/mol. The number of nitrogens with one attached hydrogen (secondary N) is 1. The molecule has 0 fully saturated rings. The van der Waals surface area contributed by atoms with E-state index in [0.29, 0.717) is 36.1 Å². The molecule has 1 aliphatic heterocycles. The molecule has 4 atom stereocenters. The maximum atomic E-state index is 13.9. The highest BCUT2D eigenvalue weighted by atomic mass is 32.2. The number of carbonyl (C=O) groups is 2. The Morgan fingerprint density at radius 1 is 1.05 bits per heavy atom. The molecule has 0 radical (unpaired) electrons. The van der Waals surface area contributed by atoms with Crippen LogP contribution in [0.4, 0.5) is 8.78 Å². The first-order chi connectivity index (χ1) is 20.1. The molecule has 3 rings (SSSR count). The van der Waals surface area contributed by atoms with Gasteiger partial charge in [-0.2, -0.15) is 0 Å². The van der Waals surface area contributed by atoms with Crippen LogP contribution in [-0.4, -0.2) is 76.7 Å². The summed E-state index contributed by atoms with van der Waals surface area (Å²) >= 11 is 1.73. The van der Waals surface area contributed by atoms with Gasteiger partial charge in [-0.25, -0.2) is 8.78 Å². The standard InChI is InChI=1S/C32H42F2N2O5S/c1-4-9-36(10-5-2)32(40)24-14-21(3)13-23(18-24)31(39)35-28(17-22-15-25(33)19-26(34)16-22)30(38)29(37)20-41-11-8-27-7-6-12-42-27/h6,12-16,18-19,27-30,37-38H,4-5,7-11,17,20H2,1-3H3,(H,35,39)/t27?,28-,29+,30+/m0/s1. The summed E-state index contributed by atoms with van der Waals surface area (Å²) in [5.74, 6) is -2.36. The number of amides is 2. The van der Waals surface area contributed by atoms with Crippen molar-refractivity contribution in [2.24, 2.45) is 0 Å². The van der Waals surface area contributed by atoms with E-state index in [4.69, 9.17) is 4.74 Å². The quantitative estimate of drug-likeness (QED) is 0.233. The Morgan fingerprint density at radius 2 is 1.71 bits per heavy atom. The lowest BCUT2D eigenvalue weighted by Gasteiger charge is -2.28. The van der Waals surface area contributed by atoms with Crippen LogP contribution in [0.1, 0.15) is 71.4 Å². The highest BCUT2D eigenvalue weighted by Gasteiger charge is 2.29. The van der Waals surface area contributed by atoms with Gasteiger partial charge in [-0.3, -0.25) is 9.59 Å². The average molecular weight is 605 g/mol. The first kappa shape index (κ1) is 33.7. The minimum absolute atomic E-state index is 0.151. The molecule has 2 amide bonds. The summed E-state index contributed by atoms with van der Waals surface area (Å²) in [4.78, 5) is 28.4. The average Bonchev–Trinajstić information content (AvgIpc) is 3.46. The van der Waals surface area contributed by atoms with Gasteiger partial charge in [0.1, 0.15) is 23.8 Å².